The van der Waals surface area contributed by atoms with E-state index in [4.69, 9.17) is 44.4 Å². The predicted octanol–water partition coefficient (Wildman–Crippen LogP) is 5.27. The number of likely N-dealkylation sites (N-methyl/N-ethyl adjacent to an activating group) is 1. The molecule has 7 aromatic heterocycles. The number of aromatic hydroxyl groups is 1. The van der Waals surface area contributed by atoms with E-state index in [0.29, 0.717) is 22.0 Å². The molecule has 11 heterocycles. The first-order valence-electron chi connectivity index (χ1n) is 28.2. The number of H-pyrrole nitrogens is 1. The van der Waals surface area contributed by atoms with Crippen LogP contribution in [0.25, 0.3) is 49.3 Å². The number of pyridine rings is 1. The highest BCUT2D eigenvalue weighted by Crippen LogP contribution is 2.43. The van der Waals surface area contributed by atoms with Crippen LogP contribution in [0.2, 0.25) is 0 Å². The molecule has 28 nitrogen and oxygen atoms in total. The number of methoxy groups -OCH3 is 1. The van der Waals surface area contributed by atoms with Crippen molar-refractivity contribution in [2.24, 2.45) is 5.73 Å². The minimum atomic E-state index is -1.81. The Labute approximate surface area is 546 Å². The zero-order valence-corrected chi connectivity index (χ0v) is 54.5. The van der Waals surface area contributed by atoms with Gasteiger partial charge in [-0.25, -0.2) is 34.7 Å². The summed E-state index contributed by atoms with van der Waals surface area (Å²) in [5, 5.41) is 53.7. The number of aliphatic hydroxyl groups is 2. The van der Waals surface area contributed by atoms with E-state index in [2.05, 4.69) is 41.2 Å². The average molecular weight is 1370 g/mol. The predicted molar refractivity (Wildman–Crippen MR) is 338 cm³/mol. The summed E-state index contributed by atoms with van der Waals surface area (Å²) in [6.45, 7) is 5.43. The van der Waals surface area contributed by atoms with Gasteiger partial charge < -0.3 is 75.9 Å². The van der Waals surface area contributed by atoms with Crippen LogP contribution < -0.4 is 27.0 Å². The van der Waals surface area contributed by atoms with Gasteiger partial charge in [0.1, 0.15) is 107 Å². The number of aromatic amines is 1. The first kappa shape index (κ1) is 64.1. The van der Waals surface area contributed by atoms with Crippen molar-refractivity contribution in [3.63, 3.8) is 0 Å². The number of thiazole rings is 5. The summed E-state index contributed by atoms with van der Waals surface area (Å²) in [6.07, 6.45) is -7.09. The van der Waals surface area contributed by atoms with Crippen LogP contribution in [0, 0.1) is 0 Å². The monoisotopic (exact) mass is 1370 g/mol. The van der Waals surface area contributed by atoms with E-state index in [1.807, 2.05) is 4.90 Å². The number of rotatable bonds is 7. The Morgan fingerprint density at radius 1 is 0.837 bits per heavy atom. The smallest absolute Gasteiger partial charge is 0.338 e. The molecular formula is C58H57N13O15S6. The van der Waals surface area contributed by atoms with Gasteiger partial charge in [0, 0.05) is 61.1 Å². The molecule has 34 heteroatoms. The molecule has 0 aliphatic carbocycles. The Bertz CT molecular complexity index is 4300. The normalized spacial score (nSPS) is 25.0. The fraction of sp³-hybridized carbons (Fsp3) is 0.362. The van der Waals surface area contributed by atoms with Crippen molar-refractivity contribution in [1.82, 2.24) is 61.1 Å². The summed E-state index contributed by atoms with van der Waals surface area (Å²) in [5.74, 6) is -5.70. The molecule has 92 heavy (non-hydrogen) atoms. The van der Waals surface area contributed by atoms with Crippen molar-refractivity contribution in [3.05, 3.63) is 112 Å². The molecule has 5 amide bonds. The topological polar surface area (TPSA) is 397 Å². The quantitative estimate of drug-likeness (QED) is 0.0725. The van der Waals surface area contributed by atoms with Crippen LogP contribution in [-0.2, 0) is 46.5 Å². The number of hydrogen-bond donors (Lipinski definition) is 9. The Balaban J connectivity index is 1.04. The standard InChI is InChI=1S/C58H57N13O15S6/c1-21(72)37-50(78)69-38(22(2)82-7)53-65-32(19-90-53)49(77)70-42-43-44(86-35-12-58(4,81)45(71(5)6)23(3)85-35)56(79)84-13-24-9-8-10-27-36(24)26(14-83-43)40(60-27)57(80)92-20-33(61-47(75)30-18-91-55(42)66-30)52-62-28(15-88-52)39-25(51-64-31(17-87-51)48(76)68-37)11-34(73)41(67-39)54-63-29(16-89-54)46(59)74/h8-11,15-19,21,23,33,35,37,42-45,60,72-73,81H,12-14,20H2,1-7H3,(H2,59,74)(H,61,75)(H,68,76)(H,69,78)(H,70,77)/b38-22+/t21?,23-,33?,35?,37?,42?,43?,44?,45+,58-/m0/s1. The van der Waals surface area contributed by atoms with Crippen molar-refractivity contribution >= 4 is 126 Å². The van der Waals surface area contributed by atoms with Crippen LogP contribution in [0.15, 0.2) is 56.9 Å². The van der Waals surface area contributed by atoms with Gasteiger partial charge in [-0.1, -0.05) is 23.9 Å². The van der Waals surface area contributed by atoms with Gasteiger partial charge in [-0.05, 0) is 59.5 Å². The number of esters is 1. The number of allylic oxidation sites excluding steroid dienone is 1. The average Bonchev–Trinajstić information content (AvgIpc) is 1.86. The van der Waals surface area contributed by atoms with Crippen molar-refractivity contribution in [1.29, 1.82) is 0 Å². The number of aromatic nitrogens is 7. The van der Waals surface area contributed by atoms with Gasteiger partial charge in [-0.2, -0.15) is 0 Å². The highest BCUT2D eigenvalue weighted by Gasteiger charge is 2.50. The fourth-order valence-corrected chi connectivity index (χ4v) is 16.6. The number of nitrogens with zero attached hydrogens (tertiary/aromatic N) is 7. The lowest BCUT2D eigenvalue weighted by molar-refractivity contribution is -0.280. The molecule has 1 fully saturated rings. The van der Waals surface area contributed by atoms with Gasteiger partial charge in [0.15, 0.2) is 12.4 Å². The lowest BCUT2D eigenvalue weighted by atomic mass is 9.85. The second-order valence-corrected chi connectivity index (χ2v) is 27.6. The lowest BCUT2D eigenvalue weighted by Gasteiger charge is -2.48. The van der Waals surface area contributed by atoms with E-state index in [-0.39, 0.29) is 106 Å². The molecule has 0 radical (unpaired) electrons. The fourth-order valence-electron chi connectivity index (χ4n) is 11.4. The highest BCUT2D eigenvalue weighted by molar-refractivity contribution is 8.14. The summed E-state index contributed by atoms with van der Waals surface area (Å²) < 4.78 is 31.8. The van der Waals surface area contributed by atoms with E-state index in [1.54, 1.807) is 51.5 Å². The molecule has 12 bridgehead atoms. The van der Waals surface area contributed by atoms with Crippen molar-refractivity contribution in [2.45, 2.75) is 108 Å². The van der Waals surface area contributed by atoms with E-state index in [1.165, 1.54) is 48.5 Å². The Kier molecular flexibility index (Phi) is 18.0. The van der Waals surface area contributed by atoms with Crippen LogP contribution in [0.5, 0.6) is 5.75 Å². The van der Waals surface area contributed by atoms with Gasteiger partial charge in [0.05, 0.1) is 49.3 Å². The molecule has 8 aromatic rings. The Hall–Kier alpha value is -8.00. The number of hydrogen-bond acceptors (Lipinski definition) is 28. The van der Waals surface area contributed by atoms with E-state index >= 15 is 14.4 Å². The minimum Gasteiger partial charge on any atom is -0.506 e. The van der Waals surface area contributed by atoms with E-state index in [0.717, 1.165) is 68.4 Å². The maximum absolute atomic E-state index is 15.1. The molecule has 1 aromatic carbocycles. The number of ether oxygens (including phenoxy) is 5. The SMILES string of the molecule is CO/C(C)=C1/NC(=O)C(C(C)O)NC(=O)c2csc(n2)-c2cc(O)c(-c3nc(C(N)=O)cs3)nc2-c2csc(n2)C2CSC(=O)c3[nH]c4cccc5c4c3COC(C(OC3C[C@](C)(O)[C@H](N(C)C)[C@H](C)O3)C(=O)OC5)C(NC(=O)c3csc1n3)c1nc(cs1)C(=O)N2. The number of fused-ring (bicyclic) bond motifs is 15. The molecule has 1 saturated heterocycles. The Morgan fingerprint density at radius 3 is 2.23 bits per heavy atom. The molecule has 0 saturated carbocycles. The third-order valence-electron chi connectivity index (χ3n) is 15.6. The maximum atomic E-state index is 15.1. The number of amides is 5. The zero-order chi connectivity index (χ0) is 65.2. The number of carbonyl (C=O) groups excluding carboxylic acids is 7. The lowest BCUT2D eigenvalue weighted by Crippen LogP contribution is -2.62. The molecule has 0 spiro atoms. The molecule has 4 aliphatic rings. The van der Waals surface area contributed by atoms with Gasteiger partial charge in [0.2, 0.25) is 11.0 Å². The number of benzene rings is 1. The molecular weight excluding hydrogens is 1310 g/mol. The number of primary amides is 1. The maximum Gasteiger partial charge on any atom is 0.338 e. The molecule has 7 unspecified atom stereocenters. The van der Waals surface area contributed by atoms with Crippen molar-refractivity contribution < 1.29 is 72.6 Å². The van der Waals surface area contributed by atoms with Crippen LogP contribution in [-0.4, -0.2) is 171 Å². The third kappa shape index (κ3) is 12.6. The molecule has 4 aliphatic heterocycles. The van der Waals surface area contributed by atoms with Crippen LogP contribution in [0.3, 0.4) is 0 Å². The number of carbonyl (C=O) groups is 7. The second kappa shape index (κ2) is 25.8. The summed E-state index contributed by atoms with van der Waals surface area (Å²) in [4.78, 5) is 134. The van der Waals surface area contributed by atoms with Gasteiger partial charge in [-0.3, -0.25) is 28.8 Å². The molecule has 10 N–H and O–H groups in total. The van der Waals surface area contributed by atoms with Gasteiger partial charge in [0.25, 0.3) is 23.6 Å². The molecule has 480 valence electrons. The number of nitrogens with one attached hydrogen (secondary N) is 5. The van der Waals surface area contributed by atoms with Gasteiger partial charge in [-0.15, -0.1) is 56.7 Å². The summed E-state index contributed by atoms with van der Waals surface area (Å²) >= 11 is 5.73. The molecule has 12 rings (SSSR count). The molecule has 10 atom stereocenters. The van der Waals surface area contributed by atoms with Crippen LogP contribution in [0.1, 0.15) is 125 Å². The summed E-state index contributed by atoms with van der Waals surface area (Å²) in [6, 6.07) is 1.78. The number of cyclic esters (lactones) is 1. The first-order valence-corrected chi connectivity index (χ1v) is 33.6. The van der Waals surface area contributed by atoms with E-state index in [9.17, 15) is 34.5 Å². The summed E-state index contributed by atoms with van der Waals surface area (Å²) in [5.41, 5.74) is 5.13. The van der Waals surface area contributed by atoms with Crippen molar-refractivity contribution in [3.8, 4) is 38.4 Å². The second-order valence-electron chi connectivity index (χ2n) is 22.3. The number of nitrogens with two attached hydrogens (primary N) is 1. The largest absolute Gasteiger partial charge is 0.506 e. The van der Waals surface area contributed by atoms with Gasteiger partial charge >= 0.3 is 5.97 Å². The number of thioether (sulfide) groups is 1. The van der Waals surface area contributed by atoms with Crippen molar-refractivity contribution in [2.75, 3.05) is 27.0 Å². The number of aliphatic hydroxyl groups excluding tert-OH is 1. The third-order valence-corrected chi connectivity index (χ3v) is 21.1. The first-order chi connectivity index (χ1) is 43.9. The van der Waals surface area contributed by atoms with Crippen LogP contribution in [0.4, 0.5) is 0 Å². The Morgan fingerprint density at radius 2 is 1.51 bits per heavy atom. The van der Waals surface area contributed by atoms with E-state index < -0.39 is 113 Å². The van der Waals surface area contributed by atoms with Crippen LogP contribution >= 0.6 is 68.4 Å². The minimum absolute atomic E-state index is 0.0132. The summed E-state index contributed by atoms with van der Waals surface area (Å²) in [7, 11) is 4.92. The zero-order valence-electron chi connectivity index (χ0n) is 49.6. The highest BCUT2D eigenvalue weighted by atomic mass is 32.2.